The summed E-state index contributed by atoms with van der Waals surface area (Å²) in [5.74, 6) is -7.82. The van der Waals surface area contributed by atoms with E-state index in [1.165, 1.54) is 19.3 Å². The van der Waals surface area contributed by atoms with Gasteiger partial charge >= 0.3 is 5.97 Å². The van der Waals surface area contributed by atoms with Gasteiger partial charge in [0.2, 0.25) is 0 Å². The van der Waals surface area contributed by atoms with Crippen LogP contribution in [-0.4, -0.2) is 5.97 Å². The second-order valence-electron chi connectivity index (χ2n) is 8.40. The number of ether oxygens (including phenoxy) is 1. The van der Waals surface area contributed by atoms with Gasteiger partial charge in [-0.25, -0.2) is 26.7 Å². The molecule has 1 aliphatic carbocycles. The third-order valence-corrected chi connectivity index (χ3v) is 6.31. The molecule has 7 heteroatoms. The van der Waals surface area contributed by atoms with Crippen LogP contribution in [0.2, 0.25) is 0 Å². The van der Waals surface area contributed by atoms with E-state index in [1.54, 1.807) is 0 Å². The maximum atomic E-state index is 14.5. The average molecular weight is 440 g/mol. The molecule has 0 aromatic heterocycles. The van der Waals surface area contributed by atoms with E-state index in [4.69, 9.17) is 0 Å². The summed E-state index contributed by atoms with van der Waals surface area (Å²) in [5.41, 5.74) is -0.541. The Kier molecular flexibility index (Phi) is 7.34. The van der Waals surface area contributed by atoms with E-state index < -0.39 is 46.4 Å². The molecule has 0 heterocycles. The molecule has 168 valence electrons. The third kappa shape index (κ3) is 5.43. The van der Waals surface area contributed by atoms with Crippen LogP contribution in [0.5, 0.6) is 5.75 Å². The number of carbonyl (C=O) groups is 1. The van der Waals surface area contributed by atoms with Crippen molar-refractivity contribution in [2.45, 2.75) is 52.4 Å². The highest BCUT2D eigenvalue weighted by Gasteiger charge is 2.26. The van der Waals surface area contributed by atoms with Gasteiger partial charge in [0, 0.05) is 12.1 Å². The van der Waals surface area contributed by atoms with Crippen LogP contribution >= 0.6 is 0 Å². The first kappa shape index (κ1) is 23.2. The lowest BCUT2D eigenvalue weighted by atomic mass is 9.74. The summed E-state index contributed by atoms with van der Waals surface area (Å²) in [7, 11) is 0. The Balaban J connectivity index is 1.70. The summed E-state index contributed by atoms with van der Waals surface area (Å²) in [4.78, 5) is 12.2. The molecule has 2 nitrogen and oxygen atoms in total. The molecule has 0 N–H and O–H groups in total. The van der Waals surface area contributed by atoms with E-state index in [1.807, 2.05) is 0 Å². The minimum atomic E-state index is -1.74. The molecule has 1 atom stereocenters. The molecule has 0 saturated heterocycles. The van der Waals surface area contributed by atoms with Crippen LogP contribution in [-0.2, 0) is 6.42 Å². The first-order valence-corrected chi connectivity index (χ1v) is 10.5. The predicted octanol–water partition coefficient (Wildman–Crippen LogP) is 7.00. The van der Waals surface area contributed by atoms with Gasteiger partial charge in [-0.15, -0.1) is 0 Å². The second kappa shape index (κ2) is 9.79. The van der Waals surface area contributed by atoms with Gasteiger partial charge < -0.3 is 4.74 Å². The Morgan fingerprint density at radius 3 is 2.00 bits per heavy atom. The minimum absolute atomic E-state index is 0.236. The van der Waals surface area contributed by atoms with Crippen molar-refractivity contribution in [2.75, 3.05) is 0 Å². The summed E-state index contributed by atoms with van der Waals surface area (Å²) >= 11 is 0. The number of benzene rings is 2. The third-order valence-electron chi connectivity index (χ3n) is 6.31. The van der Waals surface area contributed by atoms with E-state index in [0.29, 0.717) is 30.0 Å². The topological polar surface area (TPSA) is 26.3 Å². The van der Waals surface area contributed by atoms with Crippen LogP contribution in [0.4, 0.5) is 22.0 Å². The lowest BCUT2D eigenvalue weighted by Crippen LogP contribution is -2.21. The quantitative estimate of drug-likeness (QED) is 0.209. The Bertz CT molecular complexity index is 905. The Morgan fingerprint density at radius 2 is 1.48 bits per heavy atom. The SMILES string of the molecule is CCC1CCC(C(C)Cc2cc(F)c(C(=O)Oc3cc(F)c(F)c(F)c3)c(F)c2)CC1. The highest BCUT2D eigenvalue weighted by Crippen LogP contribution is 2.36. The van der Waals surface area contributed by atoms with Crippen molar-refractivity contribution in [2.24, 2.45) is 17.8 Å². The molecule has 0 amide bonds. The predicted molar refractivity (Wildman–Crippen MR) is 106 cm³/mol. The molecular formula is C24H25F5O2. The van der Waals surface area contributed by atoms with Crippen molar-refractivity contribution in [1.82, 2.24) is 0 Å². The van der Waals surface area contributed by atoms with E-state index in [0.717, 1.165) is 30.9 Å². The fourth-order valence-electron chi connectivity index (χ4n) is 4.39. The normalized spacial score (nSPS) is 19.8. The molecule has 1 fully saturated rings. The van der Waals surface area contributed by atoms with Crippen LogP contribution in [0.1, 0.15) is 61.9 Å². The molecule has 0 bridgehead atoms. The highest BCUT2D eigenvalue weighted by atomic mass is 19.2. The average Bonchev–Trinajstić information content (AvgIpc) is 2.71. The largest absolute Gasteiger partial charge is 0.423 e. The zero-order chi connectivity index (χ0) is 22.7. The molecule has 3 rings (SSSR count). The summed E-state index contributed by atoms with van der Waals surface area (Å²) in [6.07, 6.45) is 6.18. The second-order valence-corrected chi connectivity index (χ2v) is 8.40. The molecule has 2 aromatic rings. The van der Waals surface area contributed by atoms with Crippen molar-refractivity contribution >= 4 is 5.97 Å². The number of halogens is 5. The van der Waals surface area contributed by atoms with E-state index in [2.05, 4.69) is 18.6 Å². The molecule has 0 spiro atoms. The van der Waals surface area contributed by atoms with E-state index in [9.17, 15) is 26.7 Å². The molecule has 1 aliphatic rings. The number of hydrogen-bond donors (Lipinski definition) is 0. The van der Waals surface area contributed by atoms with Crippen molar-refractivity contribution in [3.8, 4) is 5.75 Å². The molecule has 2 aromatic carbocycles. The Labute approximate surface area is 178 Å². The van der Waals surface area contributed by atoms with E-state index in [-0.39, 0.29) is 5.92 Å². The maximum absolute atomic E-state index is 14.5. The van der Waals surface area contributed by atoms with Gasteiger partial charge in [0.25, 0.3) is 0 Å². The van der Waals surface area contributed by atoms with Crippen LogP contribution in [0.15, 0.2) is 24.3 Å². The zero-order valence-electron chi connectivity index (χ0n) is 17.5. The summed E-state index contributed by atoms with van der Waals surface area (Å²) < 4.78 is 73.2. The maximum Gasteiger partial charge on any atom is 0.349 e. The smallest absolute Gasteiger partial charge is 0.349 e. The standard InChI is InChI=1S/C24H25F5O2/c1-3-14-4-6-16(7-5-14)13(2)8-15-9-18(25)22(19(26)10-15)24(30)31-17-11-20(27)23(29)21(28)12-17/h9-14,16H,3-8H2,1-2H3. The molecule has 1 saturated carbocycles. The molecular weight excluding hydrogens is 415 g/mol. The Hall–Kier alpha value is -2.44. The molecule has 1 unspecified atom stereocenters. The first-order chi connectivity index (χ1) is 14.7. The Morgan fingerprint density at radius 1 is 0.935 bits per heavy atom. The van der Waals surface area contributed by atoms with Gasteiger partial charge in [0.05, 0.1) is 0 Å². The van der Waals surface area contributed by atoms with Crippen molar-refractivity contribution in [1.29, 1.82) is 0 Å². The van der Waals surface area contributed by atoms with Crippen molar-refractivity contribution in [3.63, 3.8) is 0 Å². The number of carbonyl (C=O) groups excluding carboxylic acids is 1. The van der Waals surface area contributed by atoms with Crippen LogP contribution in [0, 0.1) is 46.8 Å². The highest BCUT2D eigenvalue weighted by molar-refractivity contribution is 5.91. The van der Waals surface area contributed by atoms with Gasteiger partial charge in [0.1, 0.15) is 22.9 Å². The van der Waals surface area contributed by atoms with Crippen LogP contribution < -0.4 is 4.74 Å². The lowest BCUT2D eigenvalue weighted by molar-refractivity contribution is 0.0723. The number of hydrogen-bond acceptors (Lipinski definition) is 2. The van der Waals surface area contributed by atoms with Gasteiger partial charge in [-0.1, -0.05) is 33.1 Å². The minimum Gasteiger partial charge on any atom is -0.423 e. The van der Waals surface area contributed by atoms with Gasteiger partial charge in [-0.3, -0.25) is 0 Å². The fourth-order valence-corrected chi connectivity index (χ4v) is 4.39. The van der Waals surface area contributed by atoms with E-state index >= 15 is 0 Å². The zero-order valence-corrected chi connectivity index (χ0v) is 17.5. The summed E-state index contributed by atoms with van der Waals surface area (Å²) in [5, 5.41) is 0. The molecule has 0 aliphatic heterocycles. The molecule has 0 radical (unpaired) electrons. The first-order valence-electron chi connectivity index (χ1n) is 10.5. The van der Waals surface area contributed by atoms with Gasteiger partial charge in [0.15, 0.2) is 17.5 Å². The number of esters is 1. The van der Waals surface area contributed by atoms with Crippen molar-refractivity contribution in [3.05, 3.63) is 64.5 Å². The van der Waals surface area contributed by atoms with Gasteiger partial charge in [-0.2, -0.15) is 0 Å². The van der Waals surface area contributed by atoms with Crippen LogP contribution in [0.25, 0.3) is 0 Å². The van der Waals surface area contributed by atoms with Crippen molar-refractivity contribution < 1.29 is 31.5 Å². The molecule has 31 heavy (non-hydrogen) atoms. The van der Waals surface area contributed by atoms with Crippen LogP contribution in [0.3, 0.4) is 0 Å². The number of rotatable bonds is 6. The summed E-state index contributed by atoms with van der Waals surface area (Å²) in [6.45, 7) is 4.25. The fraction of sp³-hybridized carbons (Fsp3) is 0.458. The lowest BCUT2D eigenvalue weighted by Gasteiger charge is -2.32. The van der Waals surface area contributed by atoms with Gasteiger partial charge in [-0.05, 0) is 54.7 Å². The summed E-state index contributed by atoms with van der Waals surface area (Å²) in [6, 6.07) is 3.02. The monoisotopic (exact) mass is 440 g/mol.